The minimum Gasteiger partial charge on any atom is -0.455 e. The number of carbonyl (C=O) groups excluding carboxylic acids is 1. The summed E-state index contributed by atoms with van der Waals surface area (Å²) in [5.41, 5.74) is 3.42. The zero-order valence-electron chi connectivity index (χ0n) is 16.0. The molecule has 0 spiro atoms. The molecule has 0 fully saturated rings. The van der Waals surface area contributed by atoms with E-state index in [1.165, 1.54) is 12.3 Å². The molecule has 0 aliphatic rings. The fourth-order valence-corrected chi connectivity index (χ4v) is 2.75. The maximum atomic E-state index is 12.0. The number of hydrogen-bond acceptors (Lipinski definition) is 8. The van der Waals surface area contributed by atoms with Gasteiger partial charge in [-0.25, -0.2) is 5.43 Å². The van der Waals surface area contributed by atoms with Crippen molar-refractivity contribution < 1.29 is 14.1 Å². The van der Waals surface area contributed by atoms with E-state index in [1.54, 1.807) is 30.3 Å². The summed E-state index contributed by atoms with van der Waals surface area (Å²) >= 11 is 0. The van der Waals surface area contributed by atoms with Crippen molar-refractivity contribution in [3.63, 3.8) is 0 Å². The molecular weight excluding hydrogens is 402 g/mol. The SMILES string of the molecule is O=C(Cn1nnc(-c2ccccc2)n1)NN=Cc1ccc(-c2ccccc2[N+](=O)[O-])o1. The highest BCUT2D eigenvalue weighted by molar-refractivity contribution is 5.81. The summed E-state index contributed by atoms with van der Waals surface area (Å²) in [7, 11) is 0. The standard InChI is InChI=1S/C20H15N7O4/c28-19(13-26-24-20(23-25-26)14-6-2-1-3-7-14)22-21-12-15-10-11-18(31-15)16-8-4-5-9-17(16)27(29)30/h1-12H,13H2,(H,22,28). The van der Waals surface area contributed by atoms with Gasteiger partial charge in [0.05, 0.1) is 16.7 Å². The Bertz CT molecular complexity index is 1250. The van der Waals surface area contributed by atoms with Crippen LogP contribution in [0.2, 0.25) is 0 Å². The van der Waals surface area contributed by atoms with Crippen LogP contribution in [0.15, 0.2) is 76.2 Å². The van der Waals surface area contributed by atoms with Crippen molar-refractivity contribution in [1.29, 1.82) is 0 Å². The average Bonchev–Trinajstić information content (AvgIpc) is 3.44. The molecule has 0 aliphatic heterocycles. The van der Waals surface area contributed by atoms with Gasteiger partial charge < -0.3 is 4.42 Å². The molecule has 0 atom stereocenters. The first-order valence-electron chi connectivity index (χ1n) is 9.09. The van der Waals surface area contributed by atoms with Gasteiger partial charge in [0.15, 0.2) is 0 Å². The number of para-hydroxylation sites is 1. The molecule has 11 heteroatoms. The van der Waals surface area contributed by atoms with E-state index in [-0.39, 0.29) is 12.2 Å². The number of aromatic nitrogens is 4. The van der Waals surface area contributed by atoms with Gasteiger partial charge in [-0.3, -0.25) is 14.9 Å². The van der Waals surface area contributed by atoms with Gasteiger partial charge in [-0.2, -0.15) is 9.90 Å². The molecule has 0 radical (unpaired) electrons. The fourth-order valence-electron chi connectivity index (χ4n) is 2.75. The van der Waals surface area contributed by atoms with Crippen LogP contribution in [0.4, 0.5) is 5.69 Å². The molecule has 4 rings (SSSR count). The van der Waals surface area contributed by atoms with Crippen molar-refractivity contribution in [3.05, 3.63) is 82.6 Å². The van der Waals surface area contributed by atoms with E-state index in [0.29, 0.717) is 22.9 Å². The van der Waals surface area contributed by atoms with E-state index in [4.69, 9.17) is 4.42 Å². The van der Waals surface area contributed by atoms with Crippen molar-refractivity contribution in [2.24, 2.45) is 5.10 Å². The molecule has 154 valence electrons. The highest BCUT2D eigenvalue weighted by Crippen LogP contribution is 2.30. The number of tetrazole rings is 1. The van der Waals surface area contributed by atoms with E-state index in [0.717, 1.165) is 10.4 Å². The van der Waals surface area contributed by atoms with Crippen molar-refractivity contribution >= 4 is 17.8 Å². The number of carbonyl (C=O) groups is 1. The first kappa shape index (κ1) is 19.6. The predicted molar refractivity (Wildman–Crippen MR) is 110 cm³/mol. The molecule has 4 aromatic rings. The second-order valence-electron chi connectivity index (χ2n) is 6.28. The Morgan fingerprint density at radius 2 is 1.90 bits per heavy atom. The summed E-state index contributed by atoms with van der Waals surface area (Å²) in [6.45, 7) is -0.170. The predicted octanol–water partition coefficient (Wildman–Crippen LogP) is 2.66. The Morgan fingerprint density at radius 1 is 1.13 bits per heavy atom. The summed E-state index contributed by atoms with van der Waals surface area (Å²) < 4.78 is 5.57. The maximum absolute atomic E-state index is 12.0. The van der Waals surface area contributed by atoms with Crippen LogP contribution in [0, 0.1) is 10.1 Å². The maximum Gasteiger partial charge on any atom is 0.280 e. The minimum absolute atomic E-state index is 0.0659. The lowest BCUT2D eigenvalue weighted by Crippen LogP contribution is -2.24. The highest BCUT2D eigenvalue weighted by atomic mass is 16.6. The van der Waals surface area contributed by atoms with Gasteiger partial charge in [-0.15, -0.1) is 10.2 Å². The number of amides is 1. The Labute approximate surface area is 175 Å². The molecule has 0 saturated heterocycles. The van der Waals surface area contributed by atoms with Crippen LogP contribution in [0.1, 0.15) is 5.76 Å². The monoisotopic (exact) mass is 417 g/mol. The lowest BCUT2D eigenvalue weighted by molar-refractivity contribution is -0.384. The Kier molecular flexibility index (Phi) is 5.56. The number of rotatable bonds is 7. The third kappa shape index (κ3) is 4.67. The van der Waals surface area contributed by atoms with E-state index in [2.05, 4.69) is 25.9 Å². The van der Waals surface area contributed by atoms with Gasteiger partial charge >= 0.3 is 0 Å². The van der Waals surface area contributed by atoms with Crippen molar-refractivity contribution in [3.8, 4) is 22.7 Å². The van der Waals surface area contributed by atoms with E-state index in [9.17, 15) is 14.9 Å². The minimum atomic E-state index is -0.479. The van der Waals surface area contributed by atoms with Gasteiger partial charge in [0.2, 0.25) is 5.82 Å². The molecular formula is C20H15N7O4. The summed E-state index contributed by atoms with van der Waals surface area (Å²) in [5, 5.41) is 26.9. The molecule has 11 nitrogen and oxygen atoms in total. The van der Waals surface area contributed by atoms with Crippen LogP contribution < -0.4 is 5.43 Å². The van der Waals surface area contributed by atoms with Crippen molar-refractivity contribution in [1.82, 2.24) is 25.6 Å². The molecule has 0 unspecified atom stereocenters. The van der Waals surface area contributed by atoms with E-state index in [1.807, 2.05) is 30.3 Å². The Balaban J connectivity index is 1.36. The lowest BCUT2D eigenvalue weighted by atomic mass is 10.1. The quantitative estimate of drug-likeness (QED) is 0.277. The van der Waals surface area contributed by atoms with Crippen molar-refractivity contribution in [2.45, 2.75) is 6.54 Å². The number of benzene rings is 2. The van der Waals surface area contributed by atoms with Gasteiger partial charge in [0.25, 0.3) is 11.6 Å². The Hall–Kier alpha value is -4.67. The van der Waals surface area contributed by atoms with Gasteiger partial charge in [-0.1, -0.05) is 42.5 Å². The molecule has 1 N–H and O–H groups in total. The fraction of sp³-hybridized carbons (Fsp3) is 0.0500. The molecule has 1 amide bonds. The van der Waals surface area contributed by atoms with Crippen molar-refractivity contribution in [2.75, 3.05) is 0 Å². The normalized spacial score (nSPS) is 11.0. The topological polar surface area (TPSA) is 141 Å². The van der Waals surface area contributed by atoms with Crippen LogP contribution in [0.3, 0.4) is 0 Å². The summed E-state index contributed by atoms with van der Waals surface area (Å²) in [6.07, 6.45) is 1.29. The molecule has 0 aliphatic carbocycles. The molecule has 31 heavy (non-hydrogen) atoms. The smallest absolute Gasteiger partial charge is 0.280 e. The first-order valence-corrected chi connectivity index (χ1v) is 9.09. The number of nitro groups is 1. The largest absolute Gasteiger partial charge is 0.455 e. The van der Waals surface area contributed by atoms with Crippen LogP contribution in [0.5, 0.6) is 0 Å². The third-order valence-electron chi connectivity index (χ3n) is 4.14. The number of hydrogen-bond donors (Lipinski definition) is 1. The summed E-state index contributed by atoms with van der Waals surface area (Å²) in [5.74, 6) is 0.591. The second-order valence-corrected chi connectivity index (χ2v) is 6.28. The lowest BCUT2D eigenvalue weighted by Gasteiger charge is -1.99. The summed E-state index contributed by atoms with van der Waals surface area (Å²) in [4.78, 5) is 23.9. The van der Waals surface area contributed by atoms with Gasteiger partial charge in [-0.05, 0) is 23.4 Å². The number of hydrazone groups is 1. The van der Waals surface area contributed by atoms with E-state index >= 15 is 0 Å². The zero-order chi connectivity index (χ0) is 21.6. The second kappa shape index (κ2) is 8.78. The molecule has 2 aromatic carbocycles. The molecule has 2 heterocycles. The molecule has 0 bridgehead atoms. The third-order valence-corrected chi connectivity index (χ3v) is 4.14. The number of furan rings is 1. The molecule has 0 saturated carbocycles. The number of nitrogens with zero attached hydrogens (tertiary/aromatic N) is 6. The number of nitrogens with one attached hydrogen (secondary N) is 1. The van der Waals surface area contributed by atoms with Crippen LogP contribution >= 0.6 is 0 Å². The van der Waals surface area contributed by atoms with Gasteiger partial charge in [0, 0.05) is 11.6 Å². The highest BCUT2D eigenvalue weighted by Gasteiger charge is 2.16. The van der Waals surface area contributed by atoms with E-state index < -0.39 is 10.8 Å². The Morgan fingerprint density at radius 3 is 2.71 bits per heavy atom. The average molecular weight is 417 g/mol. The van der Waals surface area contributed by atoms with Crippen LogP contribution in [-0.2, 0) is 11.3 Å². The van der Waals surface area contributed by atoms with Gasteiger partial charge in [0.1, 0.15) is 18.1 Å². The summed E-state index contributed by atoms with van der Waals surface area (Å²) in [6, 6.07) is 18.7. The zero-order valence-corrected chi connectivity index (χ0v) is 16.0. The van der Waals surface area contributed by atoms with Crippen LogP contribution in [-0.4, -0.2) is 37.3 Å². The number of nitro benzene ring substituents is 1. The van der Waals surface area contributed by atoms with Crippen LogP contribution in [0.25, 0.3) is 22.7 Å². The first-order chi connectivity index (χ1) is 15.1. The molecule has 2 aromatic heterocycles.